The number of nitrogens with one attached hydrogen (secondary N) is 9. The summed E-state index contributed by atoms with van der Waals surface area (Å²) in [4.78, 5) is 149. The average Bonchev–Trinajstić information content (AvgIpc) is 4.17. The van der Waals surface area contributed by atoms with E-state index in [0.29, 0.717) is 24.0 Å². The van der Waals surface area contributed by atoms with E-state index < -0.39 is 121 Å². The zero-order valence-corrected chi connectivity index (χ0v) is 46.9. The van der Waals surface area contributed by atoms with E-state index in [1.54, 1.807) is 60.8 Å². The molecule has 4 aromatic rings. The molecule has 0 aliphatic carbocycles. The van der Waals surface area contributed by atoms with Crippen LogP contribution in [-0.2, 0) is 72.1 Å². The molecular formula is C58H78N14O11. The van der Waals surface area contributed by atoms with Crippen LogP contribution >= 0.6 is 0 Å². The van der Waals surface area contributed by atoms with E-state index in [1.807, 2.05) is 37.3 Å². The van der Waals surface area contributed by atoms with Crippen molar-refractivity contribution in [1.29, 1.82) is 0 Å². The van der Waals surface area contributed by atoms with Crippen LogP contribution in [0.1, 0.15) is 94.7 Å². The van der Waals surface area contributed by atoms with Crippen LogP contribution in [0.4, 0.5) is 0 Å². The van der Waals surface area contributed by atoms with E-state index in [9.17, 15) is 47.9 Å². The number of aromatic amines is 1. The number of amides is 10. The number of aromatic nitrogens is 1. The van der Waals surface area contributed by atoms with Gasteiger partial charge in [0, 0.05) is 62.9 Å². The molecule has 25 heteroatoms. The minimum absolute atomic E-state index is 0.00815. The van der Waals surface area contributed by atoms with Gasteiger partial charge in [-0.15, -0.1) is 0 Å². The summed E-state index contributed by atoms with van der Waals surface area (Å²) in [6.45, 7) is 2.87. The van der Waals surface area contributed by atoms with Gasteiger partial charge in [-0.1, -0.05) is 98.6 Å². The van der Waals surface area contributed by atoms with E-state index in [-0.39, 0.29) is 83.1 Å². The minimum atomic E-state index is -1.64. The van der Waals surface area contributed by atoms with Gasteiger partial charge >= 0.3 is 0 Å². The fraction of sp³-hybridized carbons (Fsp3) is 0.466. The predicted octanol–water partition coefficient (Wildman–Crippen LogP) is -0.396. The van der Waals surface area contributed by atoms with Crippen molar-refractivity contribution in [2.24, 2.45) is 22.2 Å². The van der Waals surface area contributed by atoms with Crippen molar-refractivity contribution in [3.8, 4) is 0 Å². The molecule has 8 atom stereocenters. The molecule has 1 aromatic heterocycles. The monoisotopic (exact) mass is 1150 g/mol. The zero-order chi connectivity index (χ0) is 59.8. The Morgan fingerprint density at radius 2 is 1.31 bits per heavy atom. The van der Waals surface area contributed by atoms with Gasteiger partial charge in [-0.25, -0.2) is 0 Å². The number of carbonyl (C=O) groups is 10. The number of ether oxygens (including phenoxy) is 1. The fourth-order valence-corrected chi connectivity index (χ4v) is 9.90. The molecule has 0 radical (unpaired) electrons. The second kappa shape index (κ2) is 31.9. The number of H-pyrrole nitrogens is 1. The largest absolute Gasteiger partial charge is 0.374 e. The Morgan fingerprint density at radius 1 is 0.687 bits per heavy atom. The average molecular weight is 1150 g/mol. The highest BCUT2D eigenvalue weighted by Crippen LogP contribution is 2.21. The lowest BCUT2D eigenvalue weighted by molar-refractivity contribution is -0.144. The van der Waals surface area contributed by atoms with Crippen molar-refractivity contribution in [2.75, 3.05) is 26.2 Å². The van der Waals surface area contributed by atoms with Gasteiger partial charge in [-0.2, -0.15) is 0 Å². The van der Waals surface area contributed by atoms with Crippen molar-refractivity contribution >= 4 is 75.9 Å². The Bertz CT molecular complexity index is 2920. The Morgan fingerprint density at radius 3 is 2.00 bits per heavy atom. The molecule has 10 amide bonds. The van der Waals surface area contributed by atoms with E-state index in [0.717, 1.165) is 22.9 Å². The highest BCUT2D eigenvalue weighted by atomic mass is 16.5. The summed E-state index contributed by atoms with van der Waals surface area (Å²) in [5, 5.41) is 22.5. The number of benzene rings is 3. The summed E-state index contributed by atoms with van der Waals surface area (Å²) in [7, 11) is 0. The molecule has 2 aliphatic heterocycles. The number of para-hydroxylation sites is 1. The van der Waals surface area contributed by atoms with Gasteiger partial charge in [0.05, 0.1) is 25.7 Å². The summed E-state index contributed by atoms with van der Waals surface area (Å²) < 4.78 is 6.01. The van der Waals surface area contributed by atoms with Crippen molar-refractivity contribution in [1.82, 2.24) is 52.4 Å². The molecule has 6 rings (SSSR count). The maximum atomic E-state index is 14.8. The lowest BCUT2D eigenvalue weighted by Gasteiger charge is -2.39. The second-order valence-electron chi connectivity index (χ2n) is 20.8. The van der Waals surface area contributed by atoms with Crippen LogP contribution in [-0.4, -0.2) is 149 Å². The Kier molecular flexibility index (Phi) is 24.4. The van der Waals surface area contributed by atoms with Gasteiger partial charge in [0.15, 0.2) is 5.96 Å². The van der Waals surface area contributed by atoms with E-state index in [1.165, 1.54) is 11.8 Å². The third-order valence-electron chi connectivity index (χ3n) is 14.3. The number of primary amides is 1. The zero-order valence-electron chi connectivity index (χ0n) is 46.9. The minimum Gasteiger partial charge on any atom is -0.374 e. The van der Waals surface area contributed by atoms with E-state index in [2.05, 4.69) is 52.5 Å². The molecule has 15 N–H and O–H groups in total. The molecule has 0 bridgehead atoms. The number of guanidine groups is 1. The predicted molar refractivity (Wildman–Crippen MR) is 308 cm³/mol. The molecule has 25 nitrogen and oxygen atoms in total. The van der Waals surface area contributed by atoms with Crippen LogP contribution in [0.3, 0.4) is 0 Å². The third kappa shape index (κ3) is 20.0. The molecule has 446 valence electrons. The van der Waals surface area contributed by atoms with Crippen molar-refractivity contribution in [3.05, 3.63) is 108 Å². The van der Waals surface area contributed by atoms with E-state index >= 15 is 0 Å². The number of unbranched alkanes of at least 4 members (excludes halogenated alkanes) is 1. The van der Waals surface area contributed by atoms with Crippen LogP contribution in [0.5, 0.6) is 0 Å². The smallest absolute Gasteiger partial charge is 0.245 e. The number of carbonyl (C=O) groups excluding carboxylic acids is 10. The van der Waals surface area contributed by atoms with Crippen LogP contribution < -0.4 is 59.7 Å². The topological polar surface area (TPSA) is 386 Å². The Balaban J connectivity index is 1.35. The molecule has 2 fully saturated rings. The first-order valence-corrected chi connectivity index (χ1v) is 28.1. The lowest BCUT2D eigenvalue weighted by Crippen LogP contribution is -2.62. The van der Waals surface area contributed by atoms with Gasteiger partial charge in [0.25, 0.3) is 0 Å². The normalized spacial score (nSPS) is 22.8. The van der Waals surface area contributed by atoms with Gasteiger partial charge in [0.2, 0.25) is 59.1 Å². The molecular weight excluding hydrogens is 1070 g/mol. The first-order valence-electron chi connectivity index (χ1n) is 28.1. The van der Waals surface area contributed by atoms with Crippen molar-refractivity contribution in [2.45, 2.75) is 146 Å². The second-order valence-corrected chi connectivity index (χ2v) is 20.8. The lowest BCUT2D eigenvalue weighted by atomic mass is 10.0. The maximum absolute atomic E-state index is 14.8. The third-order valence-corrected chi connectivity index (χ3v) is 14.3. The van der Waals surface area contributed by atoms with Crippen LogP contribution in [0.25, 0.3) is 10.9 Å². The van der Waals surface area contributed by atoms with Gasteiger partial charge in [-0.3, -0.25) is 52.9 Å². The number of piperazine rings is 1. The van der Waals surface area contributed by atoms with Crippen LogP contribution in [0.2, 0.25) is 0 Å². The Hall–Kier alpha value is -8.87. The molecule has 0 saturated carbocycles. The highest BCUT2D eigenvalue weighted by Gasteiger charge is 2.38. The molecule has 0 spiro atoms. The molecule has 3 aromatic carbocycles. The van der Waals surface area contributed by atoms with Crippen LogP contribution in [0, 0.1) is 0 Å². The van der Waals surface area contributed by atoms with Gasteiger partial charge in [0.1, 0.15) is 42.3 Å². The molecule has 2 aliphatic rings. The number of nitrogens with zero attached hydrogens (tertiary/aromatic N) is 2. The molecule has 0 unspecified atom stereocenters. The SMILES string of the molecule is CCCC[C@H]1C(=O)N[C@@H](CC(=O)N[C@H]2CC(=O)NCCCC[C@@H](C(N)=O)NC(=O)[C@H](Cc3c[nH]c4ccccc34)NC(=O)[C@H](CCCN=C(N)N)NC(=O)[C@@H](Cc3ccccc3)NC(=O)[C@H](COCc3ccccc3)NC2=O)CN1C(C)=O. The highest BCUT2D eigenvalue weighted by molar-refractivity contribution is 5.99. The van der Waals surface area contributed by atoms with Gasteiger partial charge < -0.3 is 74.4 Å². The van der Waals surface area contributed by atoms with Crippen LogP contribution in [0.15, 0.2) is 96.1 Å². The summed E-state index contributed by atoms with van der Waals surface area (Å²) >= 11 is 0. The van der Waals surface area contributed by atoms with E-state index in [4.69, 9.17) is 21.9 Å². The number of aliphatic imine (C=N–C) groups is 1. The quantitative estimate of drug-likeness (QED) is 0.0324. The maximum Gasteiger partial charge on any atom is 0.245 e. The summed E-state index contributed by atoms with van der Waals surface area (Å²) in [5.41, 5.74) is 19.8. The van der Waals surface area contributed by atoms with Gasteiger partial charge in [-0.05, 0) is 61.3 Å². The van der Waals surface area contributed by atoms with Crippen molar-refractivity contribution < 1.29 is 52.7 Å². The number of nitrogens with two attached hydrogens (primary N) is 3. The first-order chi connectivity index (χ1) is 39.9. The summed E-state index contributed by atoms with van der Waals surface area (Å²) in [5.74, 6) is -7.64. The Labute approximate surface area is 481 Å². The molecule has 2 saturated heterocycles. The fourth-order valence-electron chi connectivity index (χ4n) is 9.90. The standard InChI is InChI=1S/C58H78N14O11/c1-3-4-24-48-57(82)65-39(32-72(48)35(2)73)29-50(75)66-46-30-49(74)62-25-14-13-22-42(51(59)76)67-54(79)45(28-38-31-64-41-21-12-11-20-40(38)41)70-52(77)43(23-15-26-63-58(60)61)68-53(78)44(27-36-16-7-5-8-17-36)69-56(81)47(71-55(46)80)34-83-33-37-18-9-6-10-19-37/h5-12,16-21,31,39,42-48,64H,3-4,13-15,22-30,32-34H2,1-2H3,(H2,59,76)(H,62,74)(H,65,82)(H,66,75)(H,67,79)(H,68,78)(H,69,81)(H,70,77)(H,71,80)(H4,60,61,63)/t39-,42-,43-,44+,45-,46-,47-,48-/m0/s1. The summed E-state index contributed by atoms with van der Waals surface area (Å²) in [6.07, 6.45) is 2.95. The number of fused-ring (bicyclic) bond motifs is 1. The summed E-state index contributed by atoms with van der Waals surface area (Å²) in [6, 6.07) is 14.7. The number of hydrogen-bond acceptors (Lipinski definition) is 12. The first kappa shape index (κ1) is 63.3. The molecule has 83 heavy (non-hydrogen) atoms. The number of rotatable bonds is 19. The number of hydrogen-bond donors (Lipinski definition) is 12. The van der Waals surface area contributed by atoms with Crippen molar-refractivity contribution in [3.63, 3.8) is 0 Å². The molecule has 3 heterocycles.